The first-order valence-corrected chi connectivity index (χ1v) is 5.38. The molecule has 0 atom stereocenters. The van der Waals surface area contributed by atoms with Gasteiger partial charge in [-0.15, -0.1) is 0 Å². The Balaban J connectivity index is 1.78. The lowest BCUT2D eigenvalue weighted by Crippen LogP contribution is -2.17. The number of hydrogen-bond acceptors (Lipinski definition) is 2. The van der Waals surface area contributed by atoms with Gasteiger partial charge in [-0.3, -0.25) is 0 Å². The molecular weight excluding hydrogens is 224 g/mol. The van der Waals surface area contributed by atoms with Gasteiger partial charge in [0.1, 0.15) is 17.5 Å². The molecule has 0 saturated heterocycles. The van der Waals surface area contributed by atoms with Crippen LogP contribution >= 0.6 is 0 Å². The quantitative estimate of drug-likeness (QED) is 0.781. The molecule has 1 aromatic heterocycles. The van der Waals surface area contributed by atoms with Gasteiger partial charge in [0.15, 0.2) is 0 Å². The van der Waals surface area contributed by atoms with E-state index in [9.17, 15) is 8.78 Å². The molecule has 0 unspecified atom stereocenters. The topological polar surface area (TPSA) is 40.7 Å². The molecule has 3 nitrogen and oxygen atoms in total. The highest BCUT2D eigenvalue weighted by Crippen LogP contribution is 2.07. The van der Waals surface area contributed by atoms with Gasteiger partial charge >= 0.3 is 0 Å². The van der Waals surface area contributed by atoms with Gasteiger partial charge in [-0.2, -0.15) is 0 Å². The highest BCUT2D eigenvalue weighted by Gasteiger charge is 2.00. The molecule has 1 aromatic carbocycles. The molecule has 2 aromatic rings. The minimum absolute atomic E-state index is 0.440. The Morgan fingerprint density at radius 1 is 1.18 bits per heavy atom. The Morgan fingerprint density at radius 2 is 1.94 bits per heavy atom. The smallest absolute Gasteiger partial charge is 0.126 e. The Hall–Kier alpha value is -1.75. The van der Waals surface area contributed by atoms with Crippen molar-refractivity contribution in [3.8, 4) is 0 Å². The van der Waals surface area contributed by atoms with Gasteiger partial charge < -0.3 is 10.3 Å². The summed E-state index contributed by atoms with van der Waals surface area (Å²) in [4.78, 5) is 7.06. The number of halogens is 2. The summed E-state index contributed by atoms with van der Waals surface area (Å²) in [7, 11) is 0. The molecule has 0 fully saturated rings. The third-order valence-electron chi connectivity index (χ3n) is 2.34. The predicted octanol–water partition coefficient (Wildman–Crippen LogP) is 2.02. The molecule has 90 valence electrons. The third kappa shape index (κ3) is 3.64. The number of H-pyrrole nitrogens is 1. The summed E-state index contributed by atoms with van der Waals surface area (Å²) in [6.45, 7) is 1.14. The lowest BCUT2D eigenvalue weighted by Gasteiger charge is -2.04. The number of rotatable bonds is 5. The van der Waals surface area contributed by atoms with E-state index in [1.807, 2.05) is 0 Å². The van der Waals surface area contributed by atoms with Crippen molar-refractivity contribution in [2.24, 2.45) is 0 Å². The summed E-state index contributed by atoms with van der Waals surface area (Å²) in [6.07, 6.45) is 4.21. The van der Waals surface area contributed by atoms with Gasteiger partial charge in [-0.05, 0) is 17.7 Å². The summed E-state index contributed by atoms with van der Waals surface area (Å²) in [5, 5.41) is 3.10. The van der Waals surface area contributed by atoms with Crippen LogP contribution in [-0.4, -0.2) is 16.5 Å². The van der Waals surface area contributed by atoms with Gasteiger partial charge in [-0.1, -0.05) is 0 Å². The largest absolute Gasteiger partial charge is 0.349 e. The zero-order valence-corrected chi connectivity index (χ0v) is 9.21. The van der Waals surface area contributed by atoms with Crippen molar-refractivity contribution in [1.29, 1.82) is 0 Å². The molecule has 0 aliphatic heterocycles. The van der Waals surface area contributed by atoms with Crippen LogP contribution in [0.2, 0.25) is 0 Å². The van der Waals surface area contributed by atoms with Crippen molar-refractivity contribution in [3.63, 3.8) is 0 Å². The molecule has 0 saturated carbocycles. The van der Waals surface area contributed by atoms with Crippen LogP contribution in [0.15, 0.2) is 30.6 Å². The van der Waals surface area contributed by atoms with E-state index >= 15 is 0 Å². The van der Waals surface area contributed by atoms with Gasteiger partial charge in [-0.25, -0.2) is 13.8 Å². The fraction of sp³-hybridized carbons (Fsp3) is 0.250. The van der Waals surface area contributed by atoms with Gasteiger partial charge in [0, 0.05) is 38.0 Å². The molecule has 5 heteroatoms. The normalized spacial score (nSPS) is 10.7. The lowest BCUT2D eigenvalue weighted by atomic mass is 10.2. The van der Waals surface area contributed by atoms with E-state index in [1.54, 1.807) is 12.4 Å². The Bertz CT molecular complexity index is 448. The molecule has 0 bridgehead atoms. The SMILES string of the molecule is Fc1cc(F)cc(CNCCc2ncc[nH]2)c1. The Labute approximate surface area is 97.9 Å². The minimum Gasteiger partial charge on any atom is -0.349 e. The van der Waals surface area contributed by atoms with E-state index in [2.05, 4.69) is 15.3 Å². The van der Waals surface area contributed by atoms with Crippen LogP contribution in [-0.2, 0) is 13.0 Å². The second-order valence-electron chi connectivity index (χ2n) is 3.74. The molecule has 0 amide bonds. The zero-order valence-electron chi connectivity index (χ0n) is 9.21. The highest BCUT2D eigenvalue weighted by atomic mass is 19.1. The monoisotopic (exact) mass is 237 g/mol. The molecule has 2 rings (SSSR count). The second kappa shape index (κ2) is 5.54. The molecule has 0 radical (unpaired) electrons. The average molecular weight is 237 g/mol. The van der Waals surface area contributed by atoms with E-state index < -0.39 is 11.6 Å². The average Bonchev–Trinajstić information content (AvgIpc) is 2.76. The van der Waals surface area contributed by atoms with Crippen LogP contribution in [0.3, 0.4) is 0 Å². The van der Waals surface area contributed by atoms with Crippen LogP contribution in [0.5, 0.6) is 0 Å². The van der Waals surface area contributed by atoms with Gasteiger partial charge in [0.2, 0.25) is 0 Å². The summed E-state index contributed by atoms with van der Waals surface area (Å²) < 4.78 is 25.8. The molecule has 17 heavy (non-hydrogen) atoms. The number of imidazole rings is 1. The molecule has 0 aliphatic rings. The zero-order chi connectivity index (χ0) is 12.1. The maximum absolute atomic E-state index is 12.9. The lowest BCUT2D eigenvalue weighted by molar-refractivity contribution is 0.575. The number of benzene rings is 1. The van der Waals surface area contributed by atoms with E-state index in [-0.39, 0.29) is 0 Å². The van der Waals surface area contributed by atoms with Crippen LogP contribution in [0.25, 0.3) is 0 Å². The maximum Gasteiger partial charge on any atom is 0.126 e. The first-order valence-electron chi connectivity index (χ1n) is 5.38. The van der Waals surface area contributed by atoms with Crippen LogP contribution in [0.4, 0.5) is 8.78 Å². The van der Waals surface area contributed by atoms with Crippen molar-refractivity contribution in [3.05, 3.63) is 53.6 Å². The molecule has 2 N–H and O–H groups in total. The van der Waals surface area contributed by atoms with E-state index in [1.165, 1.54) is 12.1 Å². The van der Waals surface area contributed by atoms with E-state index in [4.69, 9.17) is 0 Å². The predicted molar refractivity (Wildman–Crippen MR) is 60.4 cm³/mol. The third-order valence-corrected chi connectivity index (χ3v) is 2.34. The van der Waals surface area contributed by atoms with Crippen LogP contribution in [0.1, 0.15) is 11.4 Å². The first-order chi connectivity index (χ1) is 8.24. The van der Waals surface area contributed by atoms with Gasteiger partial charge in [0.05, 0.1) is 0 Å². The Morgan fingerprint density at radius 3 is 2.59 bits per heavy atom. The number of aromatic amines is 1. The number of nitrogens with one attached hydrogen (secondary N) is 2. The molecule has 1 heterocycles. The number of aromatic nitrogens is 2. The molecule has 0 aliphatic carbocycles. The second-order valence-corrected chi connectivity index (χ2v) is 3.74. The summed E-state index contributed by atoms with van der Waals surface area (Å²) in [5.41, 5.74) is 0.599. The minimum atomic E-state index is -0.548. The van der Waals surface area contributed by atoms with Crippen molar-refractivity contribution in [1.82, 2.24) is 15.3 Å². The summed E-state index contributed by atoms with van der Waals surface area (Å²) in [6, 6.07) is 3.51. The number of nitrogens with zero attached hydrogens (tertiary/aromatic N) is 1. The standard InChI is InChI=1S/C12H13F2N3/c13-10-5-9(6-11(14)7-10)8-15-2-1-12-16-3-4-17-12/h3-7,15H,1-2,8H2,(H,16,17). The van der Waals surface area contributed by atoms with Crippen LogP contribution < -0.4 is 5.32 Å². The molecular formula is C12H13F2N3. The van der Waals surface area contributed by atoms with Gasteiger partial charge in [0.25, 0.3) is 0 Å². The maximum atomic E-state index is 12.9. The summed E-state index contributed by atoms with van der Waals surface area (Å²) >= 11 is 0. The van der Waals surface area contributed by atoms with Crippen molar-refractivity contribution >= 4 is 0 Å². The summed E-state index contributed by atoms with van der Waals surface area (Å²) in [5.74, 6) is -0.205. The van der Waals surface area contributed by atoms with Crippen molar-refractivity contribution < 1.29 is 8.78 Å². The fourth-order valence-electron chi connectivity index (χ4n) is 1.59. The number of hydrogen-bond donors (Lipinski definition) is 2. The molecule has 0 spiro atoms. The van der Waals surface area contributed by atoms with E-state index in [0.717, 1.165) is 18.3 Å². The first kappa shape index (κ1) is 11.7. The highest BCUT2D eigenvalue weighted by molar-refractivity contribution is 5.17. The van der Waals surface area contributed by atoms with Crippen molar-refractivity contribution in [2.75, 3.05) is 6.54 Å². The Kier molecular flexibility index (Phi) is 3.82. The fourth-order valence-corrected chi connectivity index (χ4v) is 1.59. The van der Waals surface area contributed by atoms with Crippen molar-refractivity contribution in [2.45, 2.75) is 13.0 Å². The van der Waals surface area contributed by atoms with E-state index in [0.29, 0.717) is 18.7 Å². The van der Waals surface area contributed by atoms with Crippen LogP contribution in [0, 0.1) is 11.6 Å².